The van der Waals surface area contributed by atoms with Crippen LogP contribution >= 0.6 is 0 Å². The highest BCUT2D eigenvalue weighted by molar-refractivity contribution is 6.06. The fourth-order valence-corrected chi connectivity index (χ4v) is 3.02. The molecule has 0 atom stereocenters. The summed E-state index contributed by atoms with van der Waals surface area (Å²) in [5.74, 6) is -0.985. The molecule has 7 heteroatoms. The summed E-state index contributed by atoms with van der Waals surface area (Å²) in [6, 6.07) is 5.33. The largest absolute Gasteiger partial charge is 0.324 e. The molecule has 2 aliphatic heterocycles. The Morgan fingerprint density at radius 2 is 1.79 bits per heavy atom. The summed E-state index contributed by atoms with van der Waals surface area (Å²) >= 11 is 0. The van der Waals surface area contributed by atoms with E-state index in [1.165, 1.54) is 0 Å². The number of likely N-dealkylation sites (tertiary alicyclic amines) is 1. The lowest BCUT2D eigenvalue weighted by molar-refractivity contribution is -0.141. The number of carbonyl (C=O) groups excluding carboxylic acids is 4. The molecule has 4 amide bonds. The molecular weight excluding hydrogens is 310 g/mol. The van der Waals surface area contributed by atoms with Crippen molar-refractivity contribution >= 4 is 35.0 Å². The molecule has 24 heavy (non-hydrogen) atoms. The van der Waals surface area contributed by atoms with Crippen LogP contribution in [0, 0.1) is 6.92 Å². The molecule has 0 aliphatic carbocycles. The summed E-state index contributed by atoms with van der Waals surface area (Å²) in [5, 5.41) is 2.69. The van der Waals surface area contributed by atoms with Crippen LogP contribution in [0.25, 0.3) is 0 Å². The lowest BCUT2D eigenvalue weighted by Crippen LogP contribution is -2.36. The van der Waals surface area contributed by atoms with E-state index >= 15 is 0 Å². The first-order valence-electron chi connectivity index (χ1n) is 8.00. The van der Waals surface area contributed by atoms with Crippen molar-refractivity contribution in [2.45, 2.75) is 32.6 Å². The number of hydrogen-bond acceptors (Lipinski definition) is 4. The highest BCUT2D eigenvalue weighted by atomic mass is 16.2. The molecule has 2 aliphatic rings. The van der Waals surface area contributed by atoms with Crippen LogP contribution in [-0.2, 0) is 19.2 Å². The summed E-state index contributed by atoms with van der Waals surface area (Å²) in [6.45, 7) is 2.31. The number of nitrogens with one attached hydrogen (secondary N) is 1. The Morgan fingerprint density at radius 3 is 2.42 bits per heavy atom. The maximum Gasteiger partial charge on any atom is 0.244 e. The molecule has 2 saturated heterocycles. The van der Waals surface area contributed by atoms with Gasteiger partial charge in [0.1, 0.15) is 6.54 Å². The van der Waals surface area contributed by atoms with Gasteiger partial charge in [0, 0.05) is 37.2 Å². The van der Waals surface area contributed by atoms with Gasteiger partial charge in [-0.1, -0.05) is 6.07 Å². The molecule has 1 aromatic rings. The minimum absolute atomic E-state index is 0.0786. The van der Waals surface area contributed by atoms with Crippen molar-refractivity contribution in [1.29, 1.82) is 0 Å². The second kappa shape index (κ2) is 6.43. The van der Waals surface area contributed by atoms with Crippen molar-refractivity contribution in [3.8, 4) is 0 Å². The average molecular weight is 329 g/mol. The van der Waals surface area contributed by atoms with Crippen molar-refractivity contribution in [2.75, 3.05) is 23.3 Å². The number of anilines is 2. The molecule has 2 heterocycles. The zero-order chi connectivity index (χ0) is 17.3. The van der Waals surface area contributed by atoms with Crippen molar-refractivity contribution < 1.29 is 19.2 Å². The molecule has 7 nitrogen and oxygen atoms in total. The molecule has 0 aromatic heterocycles. The second-order valence-corrected chi connectivity index (χ2v) is 6.07. The normalized spacial score (nSPS) is 17.8. The molecule has 0 unspecified atom stereocenters. The van der Waals surface area contributed by atoms with Crippen molar-refractivity contribution in [1.82, 2.24) is 4.90 Å². The molecule has 2 fully saturated rings. The van der Waals surface area contributed by atoms with Crippen LogP contribution in [0.5, 0.6) is 0 Å². The smallest absolute Gasteiger partial charge is 0.244 e. The Balaban J connectivity index is 1.71. The van der Waals surface area contributed by atoms with Crippen molar-refractivity contribution in [3.05, 3.63) is 23.8 Å². The molecule has 1 aromatic carbocycles. The maximum absolute atomic E-state index is 12.1. The third-order valence-corrected chi connectivity index (χ3v) is 4.31. The van der Waals surface area contributed by atoms with E-state index in [0.717, 1.165) is 22.6 Å². The number of nitrogens with zero attached hydrogens (tertiary/aromatic N) is 2. The van der Waals surface area contributed by atoms with Gasteiger partial charge in [0.2, 0.25) is 23.6 Å². The van der Waals surface area contributed by atoms with E-state index in [0.29, 0.717) is 18.7 Å². The summed E-state index contributed by atoms with van der Waals surface area (Å²) in [6.07, 6.45) is 1.69. The van der Waals surface area contributed by atoms with Gasteiger partial charge in [-0.25, -0.2) is 0 Å². The van der Waals surface area contributed by atoms with Crippen LogP contribution in [0.15, 0.2) is 18.2 Å². The van der Waals surface area contributed by atoms with E-state index in [2.05, 4.69) is 5.32 Å². The number of carbonyl (C=O) groups is 4. The fourth-order valence-electron chi connectivity index (χ4n) is 3.02. The number of hydrogen-bond donors (Lipinski definition) is 1. The standard InChI is InChI=1S/C17H19N3O4/c1-11-4-5-12(9-13(11)19-8-2-3-15(19)22)18-14(21)10-20-16(23)6-7-17(20)24/h4-5,9H,2-3,6-8,10H2,1H3,(H,18,21). The lowest BCUT2D eigenvalue weighted by Gasteiger charge is -2.20. The van der Waals surface area contributed by atoms with Crippen LogP contribution < -0.4 is 10.2 Å². The van der Waals surface area contributed by atoms with Crippen molar-refractivity contribution in [3.63, 3.8) is 0 Å². The third-order valence-electron chi connectivity index (χ3n) is 4.31. The molecule has 3 rings (SSSR count). The number of aryl methyl sites for hydroxylation is 1. The number of rotatable bonds is 4. The Hall–Kier alpha value is -2.70. The van der Waals surface area contributed by atoms with Gasteiger partial charge in [0.25, 0.3) is 0 Å². The average Bonchev–Trinajstić information content (AvgIpc) is 3.10. The Labute approximate surface area is 139 Å². The molecule has 0 saturated carbocycles. The molecule has 0 bridgehead atoms. The topological polar surface area (TPSA) is 86.8 Å². The molecule has 0 spiro atoms. The van der Waals surface area contributed by atoms with Gasteiger partial charge in [0.15, 0.2) is 0 Å². The Kier molecular flexibility index (Phi) is 4.33. The first-order chi connectivity index (χ1) is 11.5. The molecule has 0 radical (unpaired) electrons. The van der Waals surface area contributed by atoms with E-state index in [1.54, 1.807) is 17.0 Å². The highest BCUT2D eigenvalue weighted by Crippen LogP contribution is 2.28. The SMILES string of the molecule is Cc1ccc(NC(=O)CN2C(=O)CCC2=O)cc1N1CCCC1=O. The first kappa shape index (κ1) is 16.2. The van der Waals surface area contributed by atoms with Gasteiger partial charge < -0.3 is 10.2 Å². The van der Waals surface area contributed by atoms with Crippen LogP contribution in [0.1, 0.15) is 31.2 Å². The summed E-state index contributed by atoms with van der Waals surface area (Å²) in [7, 11) is 0. The first-order valence-corrected chi connectivity index (χ1v) is 8.00. The summed E-state index contributed by atoms with van der Waals surface area (Å²) in [5.41, 5.74) is 2.27. The van der Waals surface area contributed by atoms with E-state index < -0.39 is 5.91 Å². The fraction of sp³-hybridized carbons (Fsp3) is 0.412. The highest BCUT2D eigenvalue weighted by Gasteiger charge is 2.30. The molecular formula is C17H19N3O4. The maximum atomic E-state index is 12.1. The van der Waals surface area contributed by atoms with Crippen molar-refractivity contribution in [2.24, 2.45) is 0 Å². The van der Waals surface area contributed by atoms with Gasteiger partial charge in [0.05, 0.1) is 0 Å². The number of imide groups is 1. The number of benzene rings is 1. The molecule has 1 N–H and O–H groups in total. The van der Waals surface area contributed by atoms with Gasteiger partial charge in [-0.15, -0.1) is 0 Å². The van der Waals surface area contributed by atoms with Gasteiger partial charge in [-0.05, 0) is 31.0 Å². The van der Waals surface area contributed by atoms with E-state index in [-0.39, 0.29) is 37.1 Å². The monoisotopic (exact) mass is 329 g/mol. The minimum Gasteiger partial charge on any atom is -0.324 e. The van der Waals surface area contributed by atoms with Crippen LogP contribution in [-0.4, -0.2) is 41.6 Å². The minimum atomic E-state index is -0.429. The van der Waals surface area contributed by atoms with Gasteiger partial charge in [-0.2, -0.15) is 0 Å². The zero-order valence-electron chi connectivity index (χ0n) is 13.5. The van der Waals surface area contributed by atoms with Crippen LogP contribution in [0.2, 0.25) is 0 Å². The third kappa shape index (κ3) is 3.15. The Morgan fingerprint density at radius 1 is 1.08 bits per heavy atom. The van der Waals surface area contributed by atoms with E-state index in [4.69, 9.17) is 0 Å². The van der Waals surface area contributed by atoms with Gasteiger partial charge in [-0.3, -0.25) is 24.1 Å². The summed E-state index contributed by atoms with van der Waals surface area (Å²) in [4.78, 5) is 49.8. The molecule has 126 valence electrons. The van der Waals surface area contributed by atoms with Gasteiger partial charge >= 0.3 is 0 Å². The predicted molar refractivity (Wildman–Crippen MR) is 87.3 cm³/mol. The quantitative estimate of drug-likeness (QED) is 0.841. The second-order valence-electron chi connectivity index (χ2n) is 6.07. The summed E-state index contributed by atoms with van der Waals surface area (Å²) < 4.78 is 0. The Bertz CT molecular complexity index is 713. The predicted octanol–water partition coefficient (Wildman–Crippen LogP) is 1.21. The number of amides is 4. The zero-order valence-corrected chi connectivity index (χ0v) is 13.5. The van der Waals surface area contributed by atoms with E-state index in [9.17, 15) is 19.2 Å². The van der Waals surface area contributed by atoms with E-state index in [1.807, 2.05) is 13.0 Å². The van der Waals surface area contributed by atoms with Crippen LogP contribution in [0.4, 0.5) is 11.4 Å². The lowest BCUT2D eigenvalue weighted by atomic mass is 10.1. The van der Waals surface area contributed by atoms with Crippen LogP contribution in [0.3, 0.4) is 0 Å².